The van der Waals surface area contributed by atoms with Gasteiger partial charge < -0.3 is 0 Å². The quantitative estimate of drug-likeness (QED) is 0.306. The Kier molecular flexibility index (Phi) is 6.57. The van der Waals surface area contributed by atoms with Gasteiger partial charge in [-0.2, -0.15) is 5.10 Å². The molecule has 7 nitrogen and oxygen atoms in total. The highest BCUT2D eigenvalue weighted by Crippen LogP contribution is 2.31. The molecule has 0 saturated carbocycles. The van der Waals surface area contributed by atoms with E-state index in [1.54, 1.807) is 31.2 Å². The third-order valence-corrected chi connectivity index (χ3v) is 6.80. The molecule has 0 bridgehead atoms. The number of hydrogen-bond donors (Lipinski definition) is 2. The second kappa shape index (κ2) is 9.28. The van der Waals surface area contributed by atoms with E-state index in [0.29, 0.717) is 21.2 Å². The Morgan fingerprint density at radius 3 is 2.47 bits per heavy atom. The molecule has 4 aromatic rings. The first-order chi connectivity index (χ1) is 16.1. The summed E-state index contributed by atoms with van der Waals surface area (Å²) >= 11 is 12.1. The predicted molar refractivity (Wildman–Crippen MR) is 127 cm³/mol. The molecule has 0 atom stereocenters. The van der Waals surface area contributed by atoms with E-state index < -0.39 is 38.7 Å². The van der Waals surface area contributed by atoms with Crippen LogP contribution in [0.25, 0.3) is 22.2 Å². The molecule has 0 aliphatic heterocycles. The fraction of sp³-hybridized carbons (Fsp3) is 0.136. The Bertz CT molecular complexity index is 1520. The summed E-state index contributed by atoms with van der Waals surface area (Å²) in [4.78, 5) is 17.3. The summed E-state index contributed by atoms with van der Waals surface area (Å²) in [7, 11) is -3.87. The number of aromatic nitrogens is 3. The zero-order chi connectivity index (χ0) is 24.6. The molecule has 2 aromatic heterocycles. The third kappa shape index (κ3) is 4.75. The molecule has 34 heavy (non-hydrogen) atoms. The van der Waals surface area contributed by atoms with E-state index in [-0.39, 0.29) is 28.9 Å². The first kappa shape index (κ1) is 24.1. The molecule has 4 rings (SSSR count). The van der Waals surface area contributed by atoms with E-state index in [1.807, 2.05) is 4.72 Å². The molecular weight excluding hydrogens is 509 g/mol. The summed E-state index contributed by atoms with van der Waals surface area (Å²) < 4.78 is 55.8. The third-order valence-electron chi connectivity index (χ3n) is 4.89. The number of nitrogens with zero attached hydrogens (tertiary/aromatic N) is 2. The first-order valence-electron chi connectivity index (χ1n) is 9.93. The van der Waals surface area contributed by atoms with Crippen LogP contribution < -0.4 is 4.72 Å². The van der Waals surface area contributed by atoms with E-state index in [2.05, 4.69) is 15.2 Å². The molecule has 2 N–H and O–H groups in total. The van der Waals surface area contributed by atoms with Gasteiger partial charge in [-0.15, -0.1) is 0 Å². The second-order valence-electron chi connectivity index (χ2n) is 7.39. The van der Waals surface area contributed by atoms with Gasteiger partial charge in [-0.25, -0.2) is 22.2 Å². The van der Waals surface area contributed by atoms with E-state index in [0.717, 1.165) is 12.1 Å². The highest BCUT2D eigenvalue weighted by atomic mass is 35.5. The number of sulfonamides is 1. The lowest BCUT2D eigenvalue weighted by molar-refractivity contribution is 0.102. The molecule has 0 amide bonds. The van der Waals surface area contributed by atoms with Crippen LogP contribution in [0.2, 0.25) is 10.0 Å². The number of carbonyl (C=O) groups is 1. The van der Waals surface area contributed by atoms with Gasteiger partial charge in [0.2, 0.25) is 15.8 Å². The molecule has 12 heteroatoms. The topological polar surface area (TPSA) is 105 Å². The van der Waals surface area contributed by atoms with Gasteiger partial charge in [0, 0.05) is 21.8 Å². The number of halogens is 4. The average Bonchev–Trinajstić information content (AvgIpc) is 3.18. The zero-order valence-corrected chi connectivity index (χ0v) is 19.8. The minimum absolute atomic E-state index is 0.140. The number of rotatable bonds is 7. The number of nitrogens with one attached hydrogen (secondary N) is 2. The molecule has 176 valence electrons. The summed E-state index contributed by atoms with van der Waals surface area (Å²) in [5.41, 5.74) is -0.400. The van der Waals surface area contributed by atoms with Gasteiger partial charge >= 0.3 is 0 Å². The van der Waals surface area contributed by atoms with Crippen LogP contribution in [0.15, 0.2) is 42.6 Å². The monoisotopic (exact) mass is 524 g/mol. The first-order valence-corrected chi connectivity index (χ1v) is 12.3. The van der Waals surface area contributed by atoms with Crippen LogP contribution in [-0.4, -0.2) is 35.1 Å². The molecule has 2 heterocycles. The Morgan fingerprint density at radius 1 is 1.09 bits per heavy atom. The SMILES string of the molecule is CCCS(=O)(=O)Nc1ccc(F)c(C(=O)c2[nH]nc3ncc(-c4cc(Cl)cc(Cl)c4)cc23)c1F. The molecule has 0 unspecified atom stereocenters. The van der Waals surface area contributed by atoms with E-state index in [1.165, 1.54) is 6.20 Å². The van der Waals surface area contributed by atoms with Crippen LogP contribution in [0.3, 0.4) is 0 Å². The van der Waals surface area contributed by atoms with Crippen molar-refractivity contribution < 1.29 is 22.0 Å². The maximum atomic E-state index is 15.1. The number of carbonyl (C=O) groups excluding carboxylic acids is 1. The van der Waals surface area contributed by atoms with Gasteiger partial charge in [0.15, 0.2) is 11.5 Å². The number of benzene rings is 2. The van der Waals surface area contributed by atoms with E-state index >= 15 is 4.39 Å². The fourth-order valence-corrected chi connectivity index (χ4v) is 5.06. The second-order valence-corrected chi connectivity index (χ2v) is 10.1. The average molecular weight is 525 g/mol. The summed E-state index contributed by atoms with van der Waals surface area (Å²) in [5, 5.41) is 7.38. The molecule has 2 aromatic carbocycles. The minimum atomic E-state index is -3.87. The van der Waals surface area contributed by atoms with E-state index in [9.17, 15) is 17.6 Å². The minimum Gasteiger partial charge on any atom is -0.287 e. The van der Waals surface area contributed by atoms with Gasteiger partial charge in [-0.1, -0.05) is 30.1 Å². The Balaban J connectivity index is 1.80. The van der Waals surface area contributed by atoms with Crippen molar-refractivity contribution in [1.82, 2.24) is 15.2 Å². The number of ketones is 1. The van der Waals surface area contributed by atoms with Crippen LogP contribution in [-0.2, 0) is 10.0 Å². The van der Waals surface area contributed by atoms with E-state index in [4.69, 9.17) is 23.2 Å². The van der Waals surface area contributed by atoms with Gasteiger partial charge in [-0.3, -0.25) is 14.6 Å². The van der Waals surface area contributed by atoms with Crippen molar-refractivity contribution in [2.75, 3.05) is 10.5 Å². The number of fused-ring (bicyclic) bond motifs is 1. The van der Waals surface area contributed by atoms with Crippen molar-refractivity contribution >= 4 is 55.7 Å². The summed E-state index contributed by atoms with van der Waals surface area (Å²) in [6.07, 6.45) is 1.78. The van der Waals surface area contributed by atoms with Crippen LogP contribution in [0.5, 0.6) is 0 Å². The van der Waals surface area contributed by atoms with Crippen molar-refractivity contribution in [2.45, 2.75) is 13.3 Å². The Hall–Kier alpha value is -3.08. The normalized spacial score (nSPS) is 11.7. The molecule has 0 fully saturated rings. The molecular formula is C22H16Cl2F2N4O3S. The number of H-pyrrole nitrogens is 1. The zero-order valence-electron chi connectivity index (χ0n) is 17.5. The molecule has 0 aliphatic carbocycles. The molecule has 0 aliphatic rings. The van der Waals surface area contributed by atoms with Gasteiger partial charge in [0.05, 0.1) is 22.4 Å². The molecule has 0 radical (unpaired) electrons. The van der Waals surface area contributed by atoms with Crippen molar-refractivity contribution in [3.63, 3.8) is 0 Å². The lowest BCUT2D eigenvalue weighted by Gasteiger charge is -2.11. The highest BCUT2D eigenvalue weighted by molar-refractivity contribution is 7.92. The highest BCUT2D eigenvalue weighted by Gasteiger charge is 2.26. The summed E-state index contributed by atoms with van der Waals surface area (Å²) in [6, 6.07) is 8.13. The maximum absolute atomic E-state index is 15.1. The molecule has 0 saturated heterocycles. The number of anilines is 1. The lowest BCUT2D eigenvalue weighted by atomic mass is 10.0. The summed E-state index contributed by atoms with van der Waals surface area (Å²) in [6.45, 7) is 1.64. The van der Waals surface area contributed by atoms with Gasteiger partial charge in [-0.05, 0) is 48.4 Å². The number of hydrogen-bond acceptors (Lipinski definition) is 5. The van der Waals surface area contributed by atoms with Crippen molar-refractivity contribution in [2.24, 2.45) is 0 Å². The molecule has 0 spiro atoms. The van der Waals surface area contributed by atoms with Crippen LogP contribution in [0.1, 0.15) is 29.4 Å². The number of aromatic amines is 1. The lowest BCUT2D eigenvalue weighted by Crippen LogP contribution is -2.18. The van der Waals surface area contributed by atoms with Crippen molar-refractivity contribution in [3.05, 3.63) is 75.5 Å². The van der Waals surface area contributed by atoms with Gasteiger partial charge in [0.25, 0.3) is 0 Å². The Labute approximate surface area is 203 Å². The summed E-state index contributed by atoms with van der Waals surface area (Å²) in [5.74, 6) is -3.81. The number of pyridine rings is 1. The smallest absolute Gasteiger partial charge is 0.232 e. The fourth-order valence-electron chi connectivity index (χ4n) is 3.40. The van der Waals surface area contributed by atoms with Gasteiger partial charge in [0.1, 0.15) is 11.5 Å². The van der Waals surface area contributed by atoms with Crippen molar-refractivity contribution in [1.29, 1.82) is 0 Å². The Morgan fingerprint density at radius 2 is 1.79 bits per heavy atom. The van der Waals surface area contributed by atoms with Crippen LogP contribution in [0.4, 0.5) is 14.5 Å². The van der Waals surface area contributed by atoms with Crippen LogP contribution >= 0.6 is 23.2 Å². The standard InChI is InChI=1S/C22H16Cl2F2N4O3S/c1-2-5-34(32,33)30-17-4-3-16(25)18(19(17)26)21(31)20-15-8-12(10-27-22(15)29-28-20)11-6-13(23)9-14(24)7-11/h3-4,6-10,30H,2,5H2,1H3,(H,27,28,29). The van der Waals surface area contributed by atoms with Crippen molar-refractivity contribution in [3.8, 4) is 11.1 Å². The van der Waals surface area contributed by atoms with Crippen LogP contribution in [0, 0.1) is 11.6 Å². The maximum Gasteiger partial charge on any atom is 0.232 e. The largest absolute Gasteiger partial charge is 0.287 e. The predicted octanol–water partition coefficient (Wildman–Crippen LogP) is 5.59.